The summed E-state index contributed by atoms with van der Waals surface area (Å²) in [5.41, 5.74) is 2.59. The van der Waals surface area contributed by atoms with Crippen molar-refractivity contribution >= 4 is 11.9 Å². The van der Waals surface area contributed by atoms with Crippen LogP contribution in [0, 0.1) is 0 Å². The van der Waals surface area contributed by atoms with E-state index in [1.807, 2.05) is 84.9 Å². The molecule has 0 aliphatic heterocycles. The van der Waals surface area contributed by atoms with Crippen molar-refractivity contribution in [3.63, 3.8) is 0 Å². The fourth-order valence-electron chi connectivity index (χ4n) is 4.06. The molecule has 2 unspecified atom stereocenters. The van der Waals surface area contributed by atoms with Crippen molar-refractivity contribution in [2.45, 2.75) is 39.3 Å². The minimum Gasteiger partial charge on any atom is -0.493 e. The van der Waals surface area contributed by atoms with E-state index in [0.29, 0.717) is 47.0 Å². The summed E-state index contributed by atoms with van der Waals surface area (Å²) in [4.78, 5) is 24.2. The first kappa shape index (κ1) is 33.4. The molecule has 0 amide bonds. The van der Waals surface area contributed by atoms with Gasteiger partial charge < -0.3 is 28.4 Å². The van der Waals surface area contributed by atoms with Crippen LogP contribution in [-0.4, -0.2) is 37.7 Å². The molecule has 0 aromatic heterocycles. The number of benzene rings is 4. The van der Waals surface area contributed by atoms with E-state index in [1.54, 1.807) is 38.1 Å². The maximum Gasteiger partial charge on any atom is 0.336 e. The Bertz CT molecular complexity index is 1440. The molecule has 4 rings (SSSR count). The van der Waals surface area contributed by atoms with E-state index in [1.165, 1.54) is 0 Å². The molecule has 238 valence electrons. The zero-order valence-electron chi connectivity index (χ0n) is 26.1. The molecule has 0 aliphatic carbocycles. The van der Waals surface area contributed by atoms with Gasteiger partial charge in [0, 0.05) is 11.1 Å². The van der Waals surface area contributed by atoms with Crippen molar-refractivity contribution in [3.8, 4) is 34.1 Å². The molecule has 0 saturated heterocycles. The minimum absolute atomic E-state index is 0.274. The Hall–Kier alpha value is -5.50. The smallest absolute Gasteiger partial charge is 0.336 e. The SMILES string of the molecule is C=C(C)C(=O)OC(CCOc1ccc(-c2ccc(OCCC(OC(=O)C(=C)C)Oc3ccccc3)cc2)cc1)Oc1ccccc1. The summed E-state index contributed by atoms with van der Waals surface area (Å²) >= 11 is 0. The van der Waals surface area contributed by atoms with Gasteiger partial charge in [0.25, 0.3) is 0 Å². The molecule has 4 aromatic carbocycles. The van der Waals surface area contributed by atoms with Crippen LogP contribution in [-0.2, 0) is 19.1 Å². The van der Waals surface area contributed by atoms with Crippen molar-refractivity contribution in [1.29, 1.82) is 0 Å². The second kappa shape index (κ2) is 17.1. The molecule has 46 heavy (non-hydrogen) atoms. The zero-order chi connectivity index (χ0) is 32.7. The predicted molar refractivity (Wildman–Crippen MR) is 176 cm³/mol. The van der Waals surface area contributed by atoms with Crippen LogP contribution in [0.2, 0.25) is 0 Å². The van der Waals surface area contributed by atoms with Crippen LogP contribution >= 0.6 is 0 Å². The monoisotopic (exact) mass is 622 g/mol. The zero-order valence-corrected chi connectivity index (χ0v) is 26.1. The van der Waals surface area contributed by atoms with E-state index in [-0.39, 0.29) is 13.2 Å². The van der Waals surface area contributed by atoms with E-state index >= 15 is 0 Å². The average molecular weight is 623 g/mol. The van der Waals surface area contributed by atoms with Gasteiger partial charge in [-0.1, -0.05) is 73.8 Å². The number of ether oxygens (including phenoxy) is 6. The minimum atomic E-state index is -0.819. The maximum atomic E-state index is 12.1. The van der Waals surface area contributed by atoms with Crippen LogP contribution in [0.4, 0.5) is 0 Å². The molecule has 0 aliphatic rings. The molecule has 4 aromatic rings. The third kappa shape index (κ3) is 10.9. The highest BCUT2D eigenvalue weighted by Gasteiger charge is 2.18. The van der Waals surface area contributed by atoms with Gasteiger partial charge >= 0.3 is 11.9 Å². The summed E-state index contributed by atoms with van der Waals surface area (Å²) < 4.78 is 34.4. The second-order valence-corrected chi connectivity index (χ2v) is 10.4. The van der Waals surface area contributed by atoms with Gasteiger partial charge in [0.05, 0.1) is 26.1 Å². The number of para-hydroxylation sites is 2. The third-order valence-corrected chi connectivity index (χ3v) is 6.48. The molecule has 8 nitrogen and oxygen atoms in total. The number of carbonyl (C=O) groups is 2. The van der Waals surface area contributed by atoms with Crippen LogP contribution in [0.25, 0.3) is 11.1 Å². The number of hydrogen-bond donors (Lipinski definition) is 0. The van der Waals surface area contributed by atoms with Crippen LogP contribution in [0.1, 0.15) is 26.7 Å². The van der Waals surface area contributed by atoms with Gasteiger partial charge in [0.1, 0.15) is 23.0 Å². The molecule has 0 fully saturated rings. The highest BCUT2D eigenvalue weighted by atomic mass is 16.7. The van der Waals surface area contributed by atoms with Crippen molar-refractivity contribution < 1.29 is 38.0 Å². The summed E-state index contributed by atoms with van der Waals surface area (Å²) in [5.74, 6) is 1.49. The lowest BCUT2D eigenvalue weighted by atomic mass is 10.1. The van der Waals surface area contributed by atoms with E-state index in [4.69, 9.17) is 28.4 Å². The lowest BCUT2D eigenvalue weighted by Crippen LogP contribution is -2.26. The largest absolute Gasteiger partial charge is 0.493 e. The normalized spacial score (nSPS) is 11.8. The standard InChI is InChI=1S/C38H38O8/c1-27(2)37(39)45-35(43-33-11-7-5-8-12-33)23-25-41-31-19-15-29(16-20-31)30-17-21-32(22-18-30)42-26-24-36(46-38(40)28(3)4)44-34-13-9-6-10-14-34/h5-22,35-36H,1,3,23-26H2,2,4H3. The van der Waals surface area contributed by atoms with Crippen molar-refractivity contribution in [2.24, 2.45) is 0 Å². The van der Waals surface area contributed by atoms with Crippen molar-refractivity contribution in [2.75, 3.05) is 13.2 Å². The summed E-state index contributed by atoms with van der Waals surface area (Å²) in [6.07, 6.45) is -0.986. The van der Waals surface area contributed by atoms with E-state index in [0.717, 1.165) is 11.1 Å². The van der Waals surface area contributed by atoms with Gasteiger partial charge in [0.2, 0.25) is 12.6 Å². The fraction of sp³-hybridized carbons (Fsp3) is 0.211. The van der Waals surface area contributed by atoms with Crippen LogP contribution in [0.5, 0.6) is 23.0 Å². The first-order chi connectivity index (χ1) is 22.3. The highest BCUT2D eigenvalue weighted by molar-refractivity contribution is 5.87. The summed E-state index contributed by atoms with van der Waals surface area (Å²) in [6.45, 7) is 11.0. The maximum absolute atomic E-state index is 12.1. The molecule has 0 spiro atoms. The van der Waals surface area contributed by atoms with Gasteiger partial charge in [-0.3, -0.25) is 0 Å². The first-order valence-corrected chi connectivity index (χ1v) is 14.9. The van der Waals surface area contributed by atoms with Gasteiger partial charge in [-0.15, -0.1) is 0 Å². The van der Waals surface area contributed by atoms with Gasteiger partial charge in [-0.2, -0.15) is 0 Å². The van der Waals surface area contributed by atoms with E-state index in [2.05, 4.69) is 13.2 Å². The quantitative estimate of drug-likeness (QED) is 0.0666. The number of esters is 2. The lowest BCUT2D eigenvalue weighted by molar-refractivity contribution is -0.161. The number of rotatable bonds is 17. The lowest BCUT2D eigenvalue weighted by Gasteiger charge is -2.20. The molecule has 0 bridgehead atoms. The van der Waals surface area contributed by atoms with Gasteiger partial charge in [-0.25, -0.2) is 9.59 Å². The Balaban J connectivity index is 1.26. The molecule has 0 saturated carbocycles. The average Bonchev–Trinajstić information content (AvgIpc) is 3.06. The highest BCUT2D eigenvalue weighted by Crippen LogP contribution is 2.25. The fourth-order valence-corrected chi connectivity index (χ4v) is 4.06. The summed E-state index contributed by atoms with van der Waals surface area (Å²) in [6, 6.07) is 33.7. The van der Waals surface area contributed by atoms with Gasteiger partial charge in [0.15, 0.2) is 0 Å². The summed E-state index contributed by atoms with van der Waals surface area (Å²) in [7, 11) is 0. The molecule has 0 heterocycles. The molecule has 0 N–H and O–H groups in total. The first-order valence-electron chi connectivity index (χ1n) is 14.9. The number of carbonyl (C=O) groups excluding carboxylic acids is 2. The Kier molecular flexibility index (Phi) is 12.4. The molecular formula is C38H38O8. The van der Waals surface area contributed by atoms with Crippen LogP contribution < -0.4 is 18.9 Å². The van der Waals surface area contributed by atoms with E-state index < -0.39 is 24.5 Å². The molecule has 8 heteroatoms. The summed E-state index contributed by atoms with van der Waals surface area (Å²) in [5, 5.41) is 0. The van der Waals surface area contributed by atoms with Crippen LogP contribution in [0.3, 0.4) is 0 Å². The molecular weight excluding hydrogens is 584 g/mol. The van der Waals surface area contributed by atoms with Crippen molar-refractivity contribution in [3.05, 3.63) is 133 Å². The Labute approximate surface area is 269 Å². The van der Waals surface area contributed by atoms with Crippen molar-refractivity contribution in [1.82, 2.24) is 0 Å². The third-order valence-electron chi connectivity index (χ3n) is 6.48. The second-order valence-electron chi connectivity index (χ2n) is 10.4. The van der Waals surface area contributed by atoms with Crippen LogP contribution in [0.15, 0.2) is 133 Å². The predicted octanol–water partition coefficient (Wildman–Crippen LogP) is 7.94. The Morgan fingerprint density at radius 2 is 0.870 bits per heavy atom. The van der Waals surface area contributed by atoms with Gasteiger partial charge in [-0.05, 0) is 73.5 Å². The van der Waals surface area contributed by atoms with E-state index in [9.17, 15) is 9.59 Å². The molecule has 2 atom stereocenters. The number of hydrogen-bond acceptors (Lipinski definition) is 8. The Morgan fingerprint density at radius 3 is 1.20 bits per heavy atom. The topological polar surface area (TPSA) is 89.5 Å². The molecule has 0 radical (unpaired) electrons. The Morgan fingerprint density at radius 1 is 0.522 bits per heavy atom.